The monoisotopic (exact) mass is 255 g/mol. The Morgan fingerprint density at radius 2 is 2.00 bits per heavy atom. The fourth-order valence-corrected chi connectivity index (χ4v) is 2.73. The summed E-state index contributed by atoms with van der Waals surface area (Å²) >= 11 is 0. The summed E-state index contributed by atoms with van der Waals surface area (Å²) in [5.41, 5.74) is 0.474. The van der Waals surface area contributed by atoms with Crippen molar-refractivity contribution in [2.75, 3.05) is 6.61 Å². The van der Waals surface area contributed by atoms with Gasteiger partial charge in [0, 0.05) is 19.1 Å². The van der Waals surface area contributed by atoms with Crippen LogP contribution in [0, 0.1) is 11.3 Å². The molecular weight excluding hydrogens is 226 g/mol. The molecule has 1 fully saturated rings. The van der Waals surface area contributed by atoms with Gasteiger partial charge in [-0.2, -0.15) is 0 Å². The summed E-state index contributed by atoms with van der Waals surface area (Å²) in [5.74, 6) is 0.758. The lowest BCUT2D eigenvalue weighted by Gasteiger charge is -2.34. The Hall–Kier alpha value is -0.570. The average molecular weight is 255 g/mol. The number of nitrogens with one attached hydrogen (secondary N) is 1. The number of aliphatic hydroxyl groups is 1. The van der Waals surface area contributed by atoms with Gasteiger partial charge in [0.1, 0.15) is 0 Å². The van der Waals surface area contributed by atoms with Gasteiger partial charge in [-0.15, -0.1) is 0 Å². The van der Waals surface area contributed by atoms with Crippen molar-refractivity contribution in [3.63, 3.8) is 0 Å². The summed E-state index contributed by atoms with van der Waals surface area (Å²) in [7, 11) is 0. The highest BCUT2D eigenvalue weighted by atomic mass is 16.2. The molecule has 0 aliphatic heterocycles. The molecule has 2 N–H and O–H groups in total. The predicted molar refractivity (Wildman–Crippen MR) is 74.3 cm³/mol. The van der Waals surface area contributed by atoms with Gasteiger partial charge in [0.25, 0.3) is 0 Å². The number of aliphatic hydroxyl groups excluding tert-OH is 1. The molecule has 0 saturated heterocycles. The van der Waals surface area contributed by atoms with Crippen molar-refractivity contribution < 1.29 is 9.90 Å². The molecule has 1 atom stereocenters. The normalized spacial score (nSPS) is 21.6. The lowest BCUT2D eigenvalue weighted by atomic mass is 9.72. The van der Waals surface area contributed by atoms with Crippen molar-refractivity contribution in [2.24, 2.45) is 11.3 Å². The first-order chi connectivity index (χ1) is 8.43. The maximum Gasteiger partial charge on any atom is 0.220 e. The Morgan fingerprint density at radius 3 is 2.56 bits per heavy atom. The lowest BCUT2D eigenvalue weighted by Crippen LogP contribution is -2.34. The van der Waals surface area contributed by atoms with E-state index < -0.39 is 0 Å². The molecule has 1 aliphatic carbocycles. The van der Waals surface area contributed by atoms with Gasteiger partial charge in [-0.1, -0.05) is 13.8 Å². The molecular formula is C15H29NO2. The first kappa shape index (κ1) is 15.5. The van der Waals surface area contributed by atoms with E-state index in [9.17, 15) is 4.79 Å². The molecule has 0 aromatic rings. The molecule has 18 heavy (non-hydrogen) atoms. The Balaban J connectivity index is 2.20. The molecule has 3 nitrogen and oxygen atoms in total. The number of carbonyl (C=O) groups excluding carboxylic acids is 1. The van der Waals surface area contributed by atoms with Crippen LogP contribution in [-0.2, 0) is 4.79 Å². The average Bonchev–Trinajstić information content (AvgIpc) is 2.29. The van der Waals surface area contributed by atoms with Crippen LogP contribution in [0.4, 0.5) is 0 Å². The fourth-order valence-electron chi connectivity index (χ4n) is 2.73. The van der Waals surface area contributed by atoms with Crippen LogP contribution in [-0.4, -0.2) is 23.7 Å². The van der Waals surface area contributed by atoms with E-state index in [1.165, 1.54) is 25.7 Å². The minimum absolute atomic E-state index is 0.185. The molecule has 1 amide bonds. The van der Waals surface area contributed by atoms with Gasteiger partial charge in [0.05, 0.1) is 0 Å². The topological polar surface area (TPSA) is 49.3 Å². The third-order valence-corrected chi connectivity index (χ3v) is 4.14. The van der Waals surface area contributed by atoms with Gasteiger partial charge < -0.3 is 10.4 Å². The molecule has 0 radical (unpaired) electrons. The van der Waals surface area contributed by atoms with Crippen LogP contribution < -0.4 is 5.32 Å². The predicted octanol–water partition coefficient (Wildman–Crippen LogP) is 2.87. The zero-order chi connectivity index (χ0) is 13.6. The third-order valence-electron chi connectivity index (χ3n) is 4.14. The highest BCUT2D eigenvalue weighted by Crippen LogP contribution is 2.39. The molecule has 0 aromatic heterocycles. The van der Waals surface area contributed by atoms with Crippen molar-refractivity contribution in [1.29, 1.82) is 0 Å². The molecule has 1 unspecified atom stereocenters. The fraction of sp³-hybridized carbons (Fsp3) is 0.933. The minimum atomic E-state index is 0.185. The first-order valence-electron chi connectivity index (χ1n) is 7.33. The summed E-state index contributed by atoms with van der Waals surface area (Å²) < 4.78 is 0. The highest BCUT2D eigenvalue weighted by Gasteiger charge is 2.27. The van der Waals surface area contributed by atoms with Crippen LogP contribution in [0.25, 0.3) is 0 Å². The van der Waals surface area contributed by atoms with Crippen molar-refractivity contribution >= 4 is 5.91 Å². The van der Waals surface area contributed by atoms with Crippen molar-refractivity contribution in [3.8, 4) is 0 Å². The van der Waals surface area contributed by atoms with Crippen LogP contribution in [0.3, 0.4) is 0 Å². The smallest absolute Gasteiger partial charge is 0.220 e. The third kappa shape index (κ3) is 5.85. The molecule has 0 spiro atoms. The zero-order valence-corrected chi connectivity index (χ0v) is 12.2. The lowest BCUT2D eigenvalue weighted by molar-refractivity contribution is -0.123. The summed E-state index contributed by atoms with van der Waals surface area (Å²) in [6, 6.07) is 0.185. The number of rotatable bonds is 6. The van der Waals surface area contributed by atoms with Crippen LogP contribution in [0.5, 0.6) is 0 Å². The molecule has 1 aliphatic rings. The molecule has 3 heteroatoms. The number of amides is 1. The van der Waals surface area contributed by atoms with Crippen LogP contribution in [0.2, 0.25) is 0 Å². The molecule has 0 heterocycles. The van der Waals surface area contributed by atoms with Gasteiger partial charge in [0.2, 0.25) is 5.91 Å². The molecule has 0 aromatic carbocycles. The van der Waals surface area contributed by atoms with E-state index in [4.69, 9.17) is 5.11 Å². The summed E-state index contributed by atoms with van der Waals surface area (Å²) in [4.78, 5) is 11.9. The van der Waals surface area contributed by atoms with E-state index in [0.29, 0.717) is 17.8 Å². The number of hydrogen-bond acceptors (Lipinski definition) is 2. The van der Waals surface area contributed by atoms with E-state index in [1.807, 2.05) is 6.92 Å². The van der Waals surface area contributed by atoms with Gasteiger partial charge in [-0.05, 0) is 56.8 Å². The largest absolute Gasteiger partial charge is 0.396 e. The van der Waals surface area contributed by atoms with E-state index in [-0.39, 0.29) is 18.6 Å². The molecule has 106 valence electrons. The van der Waals surface area contributed by atoms with E-state index >= 15 is 0 Å². The minimum Gasteiger partial charge on any atom is -0.396 e. The summed E-state index contributed by atoms with van der Waals surface area (Å²) in [6.45, 7) is 6.86. The van der Waals surface area contributed by atoms with E-state index in [2.05, 4.69) is 19.2 Å². The molecule has 1 rings (SSSR count). The first-order valence-corrected chi connectivity index (χ1v) is 7.33. The SMILES string of the molecule is CC(CCCO)NC(=O)CC1CCC(C)(C)CC1. The molecule has 0 bridgehead atoms. The quantitative estimate of drug-likeness (QED) is 0.766. The van der Waals surface area contributed by atoms with Crippen molar-refractivity contribution in [1.82, 2.24) is 5.32 Å². The van der Waals surface area contributed by atoms with E-state index in [1.54, 1.807) is 0 Å². The van der Waals surface area contributed by atoms with Gasteiger partial charge in [-0.25, -0.2) is 0 Å². The maximum atomic E-state index is 11.9. The van der Waals surface area contributed by atoms with Crippen LogP contribution in [0.1, 0.15) is 65.7 Å². The van der Waals surface area contributed by atoms with Gasteiger partial charge >= 0.3 is 0 Å². The second-order valence-corrected chi connectivity index (χ2v) is 6.65. The van der Waals surface area contributed by atoms with E-state index in [0.717, 1.165) is 12.8 Å². The van der Waals surface area contributed by atoms with Crippen molar-refractivity contribution in [2.45, 2.75) is 71.8 Å². The second-order valence-electron chi connectivity index (χ2n) is 6.65. The van der Waals surface area contributed by atoms with Crippen LogP contribution in [0.15, 0.2) is 0 Å². The number of carbonyl (C=O) groups is 1. The zero-order valence-electron chi connectivity index (χ0n) is 12.2. The Kier molecular flexibility index (Phi) is 6.13. The van der Waals surface area contributed by atoms with Crippen LogP contribution >= 0.6 is 0 Å². The highest BCUT2D eigenvalue weighted by molar-refractivity contribution is 5.76. The standard InChI is InChI=1S/C15H29NO2/c1-12(5-4-10-17)16-14(18)11-13-6-8-15(2,3)9-7-13/h12-13,17H,4-11H2,1-3H3,(H,16,18). The number of hydrogen-bond donors (Lipinski definition) is 2. The Morgan fingerprint density at radius 1 is 1.39 bits per heavy atom. The summed E-state index contributed by atoms with van der Waals surface area (Å²) in [5, 5.41) is 11.8. The molecule has 1 saturated carbocycles. The van der Waals surface area contributed by atoms with Gasteiger partial charge in [0.15, 0.2) is 0 Å². The second kappa shape index (κ2) is 7.13. The Labute approximate surface area is 111 Å². The van der Waals surface area contributed by atoms with Gasteiger partial charge in [-0.3, -0.25) is 4.79 Å². The maximum absolute atomic E-state index is 11.9. The van der Waals surface area contributed by atoms with Crippen molar-refractivity contribution in [3.05, 3.63) is 0 Å². The Bertz CT molecular complexity index is 253. The summed E-state index contributed by atoms with van der Waals surface area (Å²) in [6.07, 6.45) is 7.16.